The van der Waals surface area contributed by atoms with Crippen LogP contribution in [0.25, 0.3) is 0 Å². The van der Waals surface area contributed by atoms with Crippen LogP contribution in [0.2, 0.25) is 0 Å². The highest BCUT2D eigenvalue weighted by molar-refractivity contribution is 4.75. The molecule has 0 aliphatic heterocycles. The Morgan fingerprint density at radius 3 is 1.23 bits per heavy atom. The molecule has 22 heavy (non-hydrogen) atoms. The molecule has 0 amide bonds. The first kappa shape index (κ1) is 21.9. The van der Waals surface area contributed by atoms with Gasteiger partial charge in [-0.2, -0.15) is 0 Å². The quantitative estimate of drug-likeness (QED) is 0.327. The second kappa shape index (κ2) is 17.3. The number of unbranched alkanes of at least 4 members (excludes halogenated alkanes) is 12. The normalized spacial score (nSPS) is 14.2. The first-order valence-corrected chi connectivity index (χ1v) is 10.2. The van der Waals surface area contributed by atoms with Gasteiger partial charge < -0.3 is 11.5 Å². The Morgan fingerprint density at radius 1 is 0.455 bits per heavy atom. The van der Waals surface area contributed by atoms with E-state index in [0.29, 0.717) is 0 Å². The van der Waals surface area contributed by atoms with E-state index in [2.05, 4.69) is 13.8 Å². The highest BCUT2D eigenvalue weighted by Crippen LogP contribution is 2.13. The van der Waals surface area contributed by atoms with Gasteiger partial charge in [0.2, 0.25) is 0 Å². The van der Waals surface area contributed by atoms with Crippen LogP contribution in [0.5, 0.6) is 0 Å². The first-order chi connectivity index (χ1) is 10.7. The Bertz CT molecular complexity index is 206. The van der Waals surface area contributed by atoms with Crippen LogP contribution in [0.1, 0.15) is 117 Å². The Morgan fingerprint density at radius 2 is 0.818 bits per heavy atom. The second-order valence-corrected chi connectivity index (χ2v) is 7.15. The minimum Gasteiger partial charge on any atom is -0.326 e. The summed E-state index contributed by atoms with van der Waals surface area (Å²) in [6.45, 7) is 4.46. The molecule has 0 radical (unpaired) electrons. The van der Waals surface area contributed by atoms with Crippen LogP contribution in [-0.4, -0.2) is 12.1 Å². The van der Waals surface area contributed by atoms with Crippen LogP contribution in [0.4, 0.5) is 0 Å². The van der Waals surface area contributed by atoms with E-state index in [4.69, 9.17) is 11.5 Å². The van der Waals surface area contributed by atoms with Crippen LogP contribution in [0.15, 0.2) is 0 Å². The fraction of sp³-hybridized carbons (Fsp3) is 1.00. The fourth-order valence-corrected chi connectivity index (χ4v) is 3.16. The molecule has 0 saturated heterocycles. The first-order valence-electron chi connectivity index (χ1n) is 10.2. The van der Waals surface area contributed by atoms with Crippen molar-refractivity contribution >= 4 is 0 Å². The predicted octanol–water partition coefficient (Wildman–Crippen LogP) is 5.92. The third kappa shape index (κ3) is 14.8. The summed E-state index contributed by atoms with van der Waals surface area (Å²) in [5, 5.41) is 0. The van der Waals surface area contributed by atoms with E-state index in [0.717, 1.165) is 19.3 Å². The van der Waals surface area contributed by atoms with Gasteiger partial charge in [-0.3, -0.25) is 0 Å². The fourth-order valence-electron chi connectivity index (χ4n) is 3.16. The average molecular weight is 313 g/mol. The molecule has 0 aliphatic carbocycles. The molecule has 0 aromatic heterocycles. The van der Waals surface area contributed by atoms with Crippen molar-refractivity contribution in [1.82, 2.24) is 0 Å². The SMILES string of the molecule is CCCCCCCCCCCCCCC[C@H](N)[C@H](N)CCC. The van der Waals surface area contributed by atoms with Gasteiger partial charge in [-0.25, -0.2) is 0 Å². The maximum Gasteiger partial charge on any atom is 0.0192 e. The molecule has 0 aliphatic rings. The molecule has 0 aromatic rings. The van der Waals surface area contributed by atoms with Gasteiger partial charge >= 0.3 is 0 Å². The van der Waals surface area contributed by atoms with Gasteiger partial charge in [0, 0.05) is 12.1 Å². The summed E-state index contributed by atoms with van der Waals surface area (Å²) in [6, 6.07) is 0.426. The van der Waals surface area contributed by atoms with Gasteiger partial charge in [-0.1, -0.05) is 104 Å². The molecule has 2 atom stereocenters. The van der Waals surface area contributed by atoms with E-state index >= 15 is 0 Å². The third-order valence-electron chi connectivity index (χ3n) is 4.81. The molecule has 0 heterocycles. The zero-order chi connectivity index (χ0) is 16.5. The molecular weight excluding hydrogens is 268 g/mol. The molecule has 2 nitrogen and oxygen atoms in total. The van der Waals surface area contributed by atoms with Crippen molar-refractivity contribution in [2.75, 3.05) is 0 Å². The summed E-state index contributed by atoms with van der Waals surface area (Å²) < 4.78 is 0. The van der Waals surface area contributed by atoms with E-state index in [9.17, 15) is 0 Å². The summed E-state index contributed by atoms with van der Waals surface area (Å²) in [4.78, 5) is 0. The minimum absolute atomic E-state index is 0.210. The number of hydrogen-bond donors (Lipinski definition) is 2. The lowest BCUT2D eigenvalue weighted by atomic mass is 9.98. The molecule has 2 heteroatoms. The standard InChI is InChI=1S/C20H44N2/c1-3-5-6-7-8-9-10-11-12-13-14-15-16-18-20(22)19(21)17-4-2/h19-20H,3-18,21-22H2,1-2H3/t19-,20+/m1/s1. The van der Waals surface area contributed by atoms with Crippen LogP contribution in [0.3, 0.4) is 0 Å². The van der Waals surface area contributed by atoms with E-state index in [-0.39, 0.29) is 12.1 Å². The average Bonchev–Trinajstić information content (AvgIpc) is 2.51. The molecule has 134 valence electrons. The lowest BCUT2D eigenvalue weighted by molar-refractivity contribution is 0.442. The monoisotopic (exact) mass is 312 g/mol. The van der Waals surface area contributed by atoms with E-state index < -0.39 is 0 Å². The predicted molar refractivity (Wildman–Crippen MR) is 101 cm³/mol. The summed E-state index contributed by atoms with van der Waals surface area (Å²) >= 11 is 0. The number of nitrogens with two attached hydrogens (primary N) is 2. The largest absolute Gasteiger partial charge is 0.326 e. The molecule has 0 saturated carbocycles. The van der Waals surface area contributed by atoms with E-state index in [1.54, 1.807) is 0 Å². The molecule has 0 aromatic carbocycles. The molecule has 0 spiro atoms. The summed E-state index contributed by atoms with van der Waals surface area (Å²) in [5.41, 5.74) is 12.2. The van der Waals surface area contributed by atoms with Crippen LogP contribution in [-0.2, 0) is 0 Å². The molecule has 0 rings (SSSR count). The van der Waals surface area contributed by atoms with Crippen molar-refractivity contribution in [3.05, 3.63) is 0 Å². The van der Waals surface area contributed by atoms with Crippen molar-refractivity contribution < 1.29 is 0 Å². The van der Waals surface area contributed by atoms with Crippen molar-refractivity contribution in [3.63, 3.8) is 0 Å². The second-order valence-electron chi connectivity index (χ2n) is 7.15. The summed E-state index contributed by atoms with van der Waals surface area (Å²) in [5.74, 6) is 0. The van der Waals surface area contributed by atoms with Crippen molar-refractivity contribution in [2.45, 2.75) is 129 Å². The van der Waals surface area contributed by atoms with Gasteiger partial charge in [0.25, 0.3) is 0 Å². The van der Waals surface area contributed by atoms with E-state index in [1.165, 1.54) is 83.5 Å². The van der Waals surface area contributed by atoms with Gasteiger partial charge in [0.05, 0.1) is 0 Å². The van der Waals surface area contributed by atoms with Crippen molar-refractivity contribution in [3.8, 4) is 0 Å². The molecule has 4 N–H and O–H groups in total. The minimum atomic E-state index is 0.210. The van der Waals surface area contributed by atoms with Crippen LogP contribution >= 0.6 is 0 Å². The zero-order valence-electron chi connectivity index (χ0n) is 15.6. The Kier molecular flexibility index (Phi) is 17.2. The van der Waals surface area contributed by atoms with Gasteiger partial charge in [0.15, 0.2) is 0 Å². The van der Waals surface area contributed by atoms with Crippen LogP contribution in [0, 0.1) is 0 Å². The Labute approximate surface area is 140 Å². The zero-order valence-corrected chi connectivity index (χ0v) is 15.6. The molecule has 0 unspecified atom stereocenters. The maximum atomic E-state index is 6.12. The number of rotatable bonds is 17. The molecule has 0 fully saturated rings. The van der Waals surface area contributed by atoms with Crippen molar-refractivity contribution in [1.29, 1.82) is 0 Å². The van der Waals surface area contributed by atoms with Gasteiger partial charge in [-0.15, -0.1) is 0 Å². The van der Waals surface area contributed by atoms with Gasteiger partial charge in [0.1, 0.15) is 0 Å². The summed E-state index contributed by atoms with van der Waals surface area (Å²) in [6.07, 6.45) is 21.6. The number of hydrogen-bond acceptors (Lipinski definition) is 2. The highest BCUT2D eigenvalue weighted by atomic mass is 14.8. The van der Waals surface area contributed by atoms with Crippen LogP contribution < -0.4 is 11.5 Å². The van der Waals surface area contributed by atoms with Gasteiger partial charge in [-0.05, 0) is 12.8 Å². The Balaban J connectivity index is 3.14. The Hall–Kier alpha value is -0.0800. The maximum absolute atomic E-state index is 6.12. The lowest BCUT2D eigenvalue weighted by Crippen LogP contribution is -2.41. The molecule has 0 bridgehead atoms. The van der Waals surface area contributed by atoms with E-state index in [1.807, 2.05) is 0 Å². The smallest absolute Gasteiger partial charge is 0.0192 e. The lowest BCUT2D eigenvalue weighted by Gasteiger charge is -2.18. The summed E-state index contributed by atoms with van der Waals surface area (Å²) in [7, 11) is 0. The topological polar surface area (TPSA) is 52.0 Å². The highest BCUT2D eigenvalue weighted by Gasteiger charge is 2.11. The third-order valence-corrected chi connectivity index (χ3v) is 4.81. The molecular formula is C20H44N2. The van der Waals surface area contributed by atoms with Crippen molar-refractivity contribution in [2.24, 2.45) is 11.5 Å².